The Kier molecular flexibility index (Phi) is 6.86. The smallest absolute Gasteiger partial charge is 0.142 e. The number of hydrogen-bond acceptors (Lipinski definition) is 4. The highest BCUT2D eigenvalue weighted by molar-refractivity contribution is 8.00. The molecule has 31 heavy (non-hydrogen) atoms. The Labute approximate surface area is 195 Å². The molecule has 0 atom stereocenters. The highest BCUT2D eigenvalue weighted by atomic mass is 35.5. The van der Waals surface area contributed by atoms with Gasteiger partial charge in [-0.2, -0.15) is 0 Å². The summed E-state index contributed by atoms with van der Waals surface area (Å²) in [6, 6.07) is 19.5. The average molecular weight is 470 g/mol. The molecule has 0 N–H and O–H groups in total. The van der Waals surface area contributed by atoms with Crippen molar-refractivity contribution in [3.8, 4) is 0 Å². The van der Waals surface area contributed by atoms with Crippen LogP contribution >= 0.6 is 35.0 Å². The molecule has 0 bridgehead atoms. The molecule has 4 nitrogen and oxygen atoms in total. The van der Waals surface area contributed by atoms with E-state index in [4.69, 9.17) is 33.0 Å². The summed E-state index contributed by atoms with van der Waals surface area (Å²) >= 11 is 13.7. The molecule has 2 aromatic carbocycles. The minimum atomic E-state index is 0.362. The molecular weight excluding hydrogens is 449 g/mol. The van der Waals surface area contributed by atoms with Crippen LogP contribution < -0.4 is 0 Å². The fraction of sp³-hybridized carbons (Fsp3) is 0.167. The number of benzene rings is 2. The van der Waals surface area contributed by atoms with Gasteiger partial charge in [-0.3, -0.25) is 4.40 Å². The maximum atomic E-state index is 6.02. The van der Waals surface area contributed by atoms with Crippen LogP contribution in [0.1, 0.15) is 22.5 Å². The zero-order chi connectivity index (χ0) is 21.8. The molecule has 0 unspecified atom stereocenters. The van der Waals surface area contributed by atoms with Gasteiger partial charge in [-0.15, -0.1) is 11.8 Å². The average Bonchev–Trinajstić information content (AvgIpc) is 3.08. The van der Waals surface area contributed by atoms with Crippen molar-refractivity contribution in [1.82, 2.24) is 9.38 Å². The second kappa shape index (κ2) is 9.77. The van der Waals surface area contributed by atoms with Crippen molar-refractivity contribution in [2.75, 3.05) is 5.75 Å². The van der Waals surface area contributed by atoms with Gasteiger partial charge in [0, 0.05) is 26.9 Å². The molecule has 0 amide bonds. The van der Waals surface area contributed by atoms with Crippen LogP contribution in [0.2, 0.25) is 10.0 Å². The first-order valence-electron chi connectivity index (χ1n) is 9.77. The number of aromatic nitrogens is 2. The number of nitrogens with zero attached hydrogens (tertiary/aromatic N) is 3. The van der Waals surface area contributed by atoms with E-state index in [1.807, 2.05) is 61.7 Å². The molecule has 0 saturated heterocycles. The molecule has 0 aliphatic heterocycles. The molecule has 158 valence electrons. The standard InChI is InChI=1S/C24H21Cl2N3OS/c1-16-11-12-29-23(13-16)27-17(2)24(29)22(15-31-21-9-7-20(26)8-10-21)28-30-14-18-3-5-19(25)6-4-18/h3-13H,14-15H2,1-2H3/b28-22-. The lowest BCUT2D eigenvalue weighted by Gasteiger charge is -2.09. The van der Waals surface area contributed by atoms with E-state index in [9.17, 15) is 0 Å². The fourth-order valence-corrected chi connectivity index (χ4v) is 4.27. The highest BCUT2D eigenvalue weighted by Crippen LogP contribution is 2.24. The summed E-state index contributed by atoms with van der Waals surface area (Å²) in [5, 5.41) is 5.94. The van der Waals surface area contributed by atoms with E-state index in [0.717, 1.165) is 43.8 Å². The zero-order valence-electron chi connectivity index (χ0n) is 17.2. The molecule has 0 radical (unpaired) electrons. The molecular formula is C24H21Cl2N3OS. The molecule has 4 aromatic rings. The zero-order valence-corrected chi connectivity index (χ0v) is 19.5. The van der Waals surface area contributed by atoms with Gasteiger partial charge in [-0.05, 0) is 73.5 Å². The third-order valence-electron chi connectivity index (χ3n) is 4.74. The largest absolute Gasteiger partial charge is 0.391 e. The van der Waals surface area contributed by atoms with Crippen molar-refractivity contribution in [2.24, 2.45) is 5.16 Å². The first kappa shape index (κ1) is 21.8. The molecule has 0 saturated carbocycles. The summed E-state index contributed by atoms with van der Waals surface area (Å²) in [6.45, 7) is 4.42. The molecule has 0 spiro atoms. The summed E-state index contributed by atoms with van der Waals surface area (Å²) in [5.41, 5.74) is 5.75. The first-order chi connectivity index (χ1) is 15.0. The molecule has 4 rings (SSSR count). The Morgan fingerprint density at radius 1 is 1.00 bits per heavy atom. The highest BCUT2D eigenvalue weighted by Gasteiger charge is 2.16. The lowest BCUT2D eigenvalue weighted by molar-refractivity contribution is 0.130. The monoisotopic (exact) mass is 469 g/mol. The normalized spacial score (nSPS) is 11.8. The van der Waals surface area contributed by atoms with Crippen molar-refractivity contribution in [1.29, 1.82) is 0 Å². The molecule has 0 fully saturated rings. The summed E-state index contributed by atoms with van der Waals surface area (Å²) < 4.78 is 2.06. The molecule has 7 heteroatoms. The van der Waals surface area contributed by atoms with Gasteiger partial charge >= 0.3 is 0 Å². The second-order valence-electron chi connectivity index (χ2n) is 7.16. The van der Waals surface area contributed by atoms with Gasteiger partial charge in [0.05, 0.1) is 11.4 Å². The van der Waals surface area contributed by atoms with Crippen LogP contribution in [0.3, 0.4) is 0 Å². The van der Waals surface area contributed by atoms with E-state index in [1.54, 1.807) is 11.8 Å². The lowest BCUT2D eigenvalue weighted by atomic mass is 10.2. The Morgan fingerprint density at radius 3 is 2.39 bits per heavy atom. The van der Waals surface area contributed by atoms with Crippen LogP contribution in [0, 0.1) is 13.8 Å². The van der Waals surface area contributed by atoms with Crippen molar-refractivity contribution in [3.05, 3.63) is 99.4 Å². The number of rotatable bonds is 7. The first-order valence-corrected chi connectivity index (χ1v) is 11.5. The summed E-state index contributed by atoms with van der Waals surface area (Å²) in [6.07, 6.45) is 2.03. The van der Waals surface area contributed by atoms with Gasteiger partial charge in [0.1, 0.15) is 18.0 Å². The van der Waals surface area contributed by atoms with Crippen LogP contribution in [0.25, 0.3) is 5.65 Å². The third-order valence-corrected chi connectivity index (χ3v) is 6.26. The topological polar surface area (TPSA) is 38.9 Å². The van der Waals surface area contributed by atoms with E-state index in [-0.39, 0.29) is 0 Å². The number of fused-ring (bicyclic) bond motifs is 1. The second-order valence-corrected chi connectivity index (χ2v) is 9.08. The molecule has 2 heterocycles. The fourth-order valence-electron chi connectivity index (χ4n) is 3.20. The SMILES string of the molecule is Cc1ccn2c(/C(CSc3ccc(Cl)cc3)=N\OCc3ccc(Cl)cc3)c(C)nc2c1. The predicted octanol–water partition coefficient (Wildman–Crippen LogP) is 6.97. The van der Waals surface area contributed by atoms with Crippen molar-refractivity contribution < 1.29 is 4.84 Å². The summed E-state index contributed by atoms with van der Waals surface area (Å²) in [7, 11) is 0. The van der Waals surface area contributed by atoms with Crippen LogP contribution in [0.4, 0.5) is 0 Å². The van der Waals surface area contributed by atoms with Gasteiger partial charge in [0.2, 0.25) is 0 Å². The van der Waals surface area contributed by atoms with Gasteiger partial charge in [-0.1, -0.05) is 40.5 Å². The summed E-state index contributed by atoms with van der Waals surface area (Å²) in [5.74, 6) is 0.630. The molecule has 2 aromatic heterocycles. The lowest BCUT2D eigenvalue weighted by Crippen LogP contribution is -2.11. The number of imidazole rings is 1. The van der Waals surface area contributed by atoms with Crippen molar-refractivity contribution in [2.45, 2.75) is 25.3 Å². The van der Waals surface area contributed by atoms with Crippen LogP contribution in [-0.2, 0) is 11.4 Å². The number of hydrogen-bond donors (Lipinski definition) is 0. The van der Waals surface area contributed by atoms with E-state index in [2.05, 4.69) is 28.6 Å². The maximum absolute atomic E-state index is 6.02. The Morgan fingerprint density at radius 2 is 1.68 bits per heavy atom. The van der Waals surface area contributed by atoms with Crippen LogP contribution in [0.15, 0.2) is 76.9 Å². The van der Waals surface area contributed by atoms with E-state index in [1.165, 1.54) is 0 Å². The number of halogens is 2. The summed E-state index contributed by atoms with van der Waals surface area (Å²) in [4.78, 5) is 11.6. The van der Waals surface area contributed by atoms with Gasteiger partial charge in [0.25, 0.3) is 0 Å². The maximum Gasteiger partial charge on any atom is 0.142 e. The van der Waals surface area contributed by atoms with E-state index >= 15 is 0 Å². The molecule has 0 aliphatic rings. The van der Waals surface area contributed by atoms with E-state index in [0.29, 0.717) is 17.4 Å². The third kappa shape index (κ3) is 5.42. The van der Waals surface area contributed by atoms with Crippen LogP contribution in [-0.4, -0.2) is 20.8 Å². The molecule has 0 aliphatic carbocycles. The number of aryl methyl sites for hydroxylation is 2. The van der Waals surface area contributed by atoms with Crippen LogP contribution in [0.5, 0.6) is 0 Å². The van der Waals surface area contributed by atoms with Crippen molar-refractivity contribution in [3.63, 3.8) is 0 Å². The minimum absolute atomic E-state index is 0.362. The van der Waals surface area contributed by atoms with Crippen molar-refractivity contribution >= 4 is 46.3 Å². The Balaban J connectivity index is 1.62. The Hall–Kier alpha value is -2.47. The number of thioether (sulfide) groups is 1. The van der Waals surface area contributed by atoms with Gasteiger partial charge in [0.15, 0.2) is 0 Å². The van der Waals surface area contributed by atoms with E-state index < -0.39 is 0 Å². The minimum Gasteiger partial charge on any atom is -0.391 e. The van der Waals surface area contributed by atoms with Gasteiger partial charge in [-0.25, -0.2) is 4.98 Å². The van der Waals surface area contributed by atoms with Gasteiger partial charge < -0.3 is 4.84 Å². The predicted molar refractivity (Wildman–Crippen MR) is 130 cm³/mol. The quantitative estimate of drug-likeness (QED) is 0.166. The number of pyridine rings is 1. The Bertz CT molecular complexity index is 1220. The number of oxime groups is 1.